The molecule has 0 spiro atoms. The van der Waals surface area contributed by atoms with Crippen LogP contribution in [0.2, 0.25) is 5.02 Å². The third-order valence-electron chi connectivity index (χ3n) is 2.13. The molecule has 0 atom stereocenters. The number of nitrogens with one attached hydrogen (secondary N) is 1. The minimum Gasteiger partial charge on any atom is -0.312 e. The normalized spacial score (nSPS) is 15.8. The van der Waals surface area contributed by atoms with E-state index in [1.165, 1.54) is 0 Å². The van der Waals surface area contributed by atoms with E-state index in [2.05, 4.69) is 5.32 Å². The minimum atomic E-state index is -0.308. The number of halogens is 2. The van der Waals surface area contributed by atoms with Gasteiger partial charge >= 0.3 is 0 Å². The maximum absolute atomic E-state index is 13.0. The zero-order chi connectivity index (χ0) is 8.55. The van der Waals surface area contributed by atoms with E-state index in [9.17, 15) is 4.39 Å². The van der Waals surface area contributed by atoms with Crippen LogP contribution >= 0.6 is 11.6 Å². The van der Waals surface area contributed by atoms with Crippen LogP contribution in [-0.2, 0) is 13.0 Å². The average Bonchev–Trinajstić information content (AvgIpc) is 2.07. The molecule has 1 aromatic carbocycles. The van der Waals surface area contributed by atoms with Crippen molar-refractivity contribution in [3.05, 3.63) is 34.1 Å². The van der Waals surface area contributed by atoms with E-state index in [0.29, 0.717) is 0 Å². The smallest absolute Gasteiger partial charge is 0.142 e. The molecule has 1 nitrogen and oxygen atoms in total. The lowest BCUT2D eigenvalue weighted by Crippen LogP contribution is -2.23. The van der Waals surface area contributed by atoms with Crippen molar-refractivity contribution in [3.8, 4) is 0 Å². The molecule has 0 aliphatic carbocycles. The Balaban J connectivity index is 2.49. The van der Waals surface area contributed by atoms with E-state index in [4.69, 9.17) is 11.6 Å². The molecule has 0 radical (unpaired) electrons. The Morgan fingerprint density at radius 3 is 3.00 bits per heavy atom. The Hall–Kier alpha value is -0.600. The highest BCUT2D eigenvalue weighted by Gasteiger charge is 2.11. The first-order valence-corrected chi connectivity index (χ1v) is 4.32. The van der Waals surface area contributed by atoms with Crippen LogP contribution in [0.5, 0.6) is 0 Å². The number of hydrogen-bond acceptors (Lipinski definition) is 1. The Bertz CT molecular complexity index is 281. The Labute approximate surface area is 75.5 Å². The summed E-state index contributed by atoms with van der Waals surface area (Å²) in [6, 6.07) is 3.25. The van der Waals surface area contributed by atoms with E-state index >= 15 is 0 Å². The van der Waals surface area contributed by atoms with Crippen molar-refractivity contribution in [2.75, 3.05) is 6.54 Å². The molecule has 1 heterocycles. The van der Waals surface area contributed by atoms with Gasteiger partial charge in [0.25, 0.3) is 0 Å². The summed E-state index contributed by atoms with van der Waals surface area (Å²) in [5.41, 5.74) is 2.20. The first kappa shape index (κ1) is 8.02. The van der Waals surface area contributed by atoms with Gasteiger partial charge in [0.2, 0.25) is 0 Å². The fraction of sp³-hybridized carbons (Fsp3) is 0.333. The van der Waals surface area contributed by atoms with Crippen molar-refractivity contribution >= 4 is 11.6 Å². The molecule has 1 aliphatic heterocycles. The van der Waals surface area contributed by atoms with Gasteiger partial charge in [-0.2, -0.15) is 0 Å². The quantitative estimate of drug-likeness (QED) is 0.653. The van der Waals surface area contributed by atoms with E-state index < -0.39 is 0 Å². The summed E-state index contributed by atoms with van der Waals surface area (Å²) in [4.78, 5) is 0. The maximum Gasteiger partial charge on any atom is 0.142 e. The molecule has 12 heavy (non-hydrogen) atoms. The largest absolute Gasteiger partial charge is 0.312 e. The van der Waals surface area contributed by atoms with Crippen LogP contribution in [0.25, 0.3) is 0 Å². The zero-order valence-electron chi connectivity index (χ0n) is 6.53. The fourth-order valence-electron chi connectivity index (χ4n) is 1.47. The van der Waals surface area contributed by atoms with Gasteiger partial charge in [-0.05, 0) is 36.2 Å². The van der Waals surface area contributed by atoms with E-state index in [1.54, 1.807) is 12.1 Å². The lowest BCUT2D eigenvalue weighted by molar-refractivity contribution is 0.606. The summed E-state index contributed by atoms with van der Waals surface area (Å²) in [6.07, 6.45) is 0.892. The summed E-state index contributed by atoms with van der Waals surface area (Å²) in [7, 11) is 0. The predicted molar refractivity (Wildman–Crippen MR) is 46.8 cm³/mol. The molecule has 0 amide bonds. The Morgan fingerprint density at radius 1 is 1.33 bits per heavy atom. The van der Waals surface area contributed by atoms with Gasteiger partial charge in [0.1, 0.15) is 5.82 Å². The summed E-state index contributed by atoms with van der Waals surface area (Å²) in [5.74, 6) is -0.308. The molecule has 0 fully saturated rings. The molecule has 1 N–H and O–H groups in total. The van der Waals surface area contributed by atoms with Gasteiger partial charge in [0.05, 0.1) is 5.02 Å². The molecule has 2 rings (SSSR count). The van der Waals surface area contributed by atoms with Crippen LogP contribution in [0.1, 0.15) is 11.1 Å². The maximum atomic E-state index is 13.0. The van der Waals surface area contributed by atoms with Crippen LogP contribution in [0.3, 0.4) is 0 Å². The molecule has 0 unspecified atom stereocenters. The van der Waals surface area contributed by atoms with Crippen LogP contribution in [0.15, 0.2) is 12.1 Å². The van der Waals surface area contributed by atoms with Crippen LogP contribution in [0.4, 0.5) is 4.39 Å². The van der Waals surface area contributed by atoms with Crippen molar-refractivity contribution in [1.82, 2.24) is 5.32 Å². The van der Waals surface area contributed by atoms with E-state index in [1.807, 2.05) is 0 Å². The lowest BCUT2D eigenvalue weighted by atomic mass is 10.0. The predicted octanol–water partition coefficient (Wildman–Crippen LogP) is 2.12. The first-order valence-electron chi connectivity index (χ1n) is 3.95. The summed E-state index contributed by atoms with van der Waals surface area (Å²) in [6.45, 7) is 1.73. The second kappa shape index (κ2) is 3.04. The van der Waals surface area contributed by atoms with Crippen molar-refractivity contribution in [3.63, 3.8) is 0 Å². The molecule has 0 bridgehead atoms. The zero-order valence-corrected chi connectivity index (χ0v) is 7.29. The van der Waals surface area contributed by atoms with Crippen LogP contribution in [-0.4, -0.2) is 6.54 Å². The standard InChI is InChI=1S/C9H9ClFN/c10-8-3-7-5-12-2-1-6(7)4-9(8)11/h3-4,12H,1-2,5H2. The summed E-state index contributed by atoms with van der Waals surface area (Å²) < 4.78 is 13.0. The topological polar surface area (TPSA) is 12.0 Å². The molecule has 0 saturated carbocycles. The van der Waals surface area contributed by atoms with Gasteiger partial charge in [-0.1, -0.05) is 11.6 Å². The van der Waals surface area contributed by atoms with Gasteiger partial charge in [0.15, 0.2) is 0 Å². The minimum absolute atomic E-state index is 0.220. The molecular weight excluding hydrogens is 177 g/mol. The van der Waals surface area contributed by atoms with Crippen molar-refractivity contribution in [1.29, 1.82) is 0 Å². The fourth-order valence-corrected chi connectivity index (χ4v) is 1.66. The Morgan fingerprint density at radius 2 is 2.17 bits per heavy atom. The molecule has 0 aromatic heterocycles. The molecule has 3 heteroatoms. The highest BCUT2D eigenvalue weighted by molar-refractivity contribution is 6.30. The van der Waals surface area contributed by atoms with Crippen molar-refractivity contribution in [2.45, 2.75) is 13.0 Å². The molecule has 1 aliphatic rings. The molecule has 64 valence electrons. The summed E-state index contributed by atoms with van der Waals surface area (Å²) >= 11 is 5.64. The SMILES string of the molecule is Fc1cc2c(cc1Cl)CNCC2. The lowest BCUT2D eigenvalue weighted by Gasteiger charge is -2.16. The molecule has 1 aromatic rings. The van der Waals surface area contributed by atoms with Gasteiger partial charge in [0, 0.05) is 6.54 Å². The van der Waals surface area contributed by atoms with Crippen LogP contribution in [0, 0.1) is 5.82 Å². The van der Waals surface area contributed by atoms with Gasteiger partial charge in [-0.3, -0.25) is 0 Å². The third-order valence-corrected chi connectivity index (χ3v) is 2.42. The Kier molecular flexibility index (Phi) is 2.03. The second-order valence-corrected chi connectivity index (χ2v) is 3.37. The summed E-state index contributed by atoms with van der Waals surface area (Å²) in [5, 5.41) is 3.43. The van der Waals surface area contributed by atoms with Gasteiger partial charge in [-0.15, -0.1) is 0 Å². The number of hydrogen-bond donors (Lipinski definition) is 1. The first-order chi connectivity index (χ1) is 5.77. The number of rotatable bonds is 0. The highest BCUT2D eigenvalue weighted by atomic mass is 35.5. The van der Waals surface area contributed by atoms with E-state index in [0.717, 1.165) is 30.6 Å². The molecule has 0 saturated heterocycles. The van der Waals surface area contributed by atoms with E-state index in [-0.39, 0.29) is 10.8 Å². The average molecular weight is 186 g/mol. The third kappa shape index (κ3) is 1.32. The highest BCUT2D eigenvalue weighted by Crippen LogP contribution is 2.22. The second-order valence-electron chi connectivity index (χ2n) is 2.96. The molecular formula is C9H9ClFN. The van der Waals surface area contributed by atoms with Gasteiger partial charge < -0.3 is 5.32 Å². The monoisotopic (exact) mass is 185 g/mol. The number of fused-ring (bicyclic) bond motifs is 1. The van der Waals surface area contributed by atoms with Crippen molar-refractivity contribution < 1.29 is 4.39 Å². The van der Waals surface area contributed by atoms with Crippen LogP contribution < -0.4 is 5.32 Å². The number of benzene rings is 1. The van der Waals surface area contributed by atoms with Gasteiger partial charge in [-0.25, -0.2) is 4.39 Å². The van der Waals surface area contributed by atoms with Crippen molar-refractivity contribution in [2.24, 2.45) is 0 Å².